The van der Waals surface area contributed by atoms with Crippen LogP contribution in [0.3, 0.4) is 0 Å². The molecule has 0 bridgehead atoms. The van der Waals surface area contributed by atoms with Crippen LogP contribution in [0, 0.1) is 5.92 Å². The molecule has 1 heterocycles. The summed E-state index contributed by atoms with van der Waals surface area (Å²) in [6, 6.07) is 0. The summed E-state index contributed by atoms with van der Waals surface area (Å²) in [6.45, 7) is 6.24. The van der Waals surface area contributed by atoms with Gasteiger partial charge in [-0.25, -0.2) is 0 Å². The van der Waals surface area contributed by atoms with E-state index in [1.807, 2.05) is 0 Å². The van der Waals surface area contributed by atoms with Gasteiger partial charge in [-0.15, -0.1) is 0 Å². The van der Waals surface area contributed by atoms with Crippen LogP contribution in [0.1, 0.15) is 39.0 Å². The Balaban J connectivity index is 2.01. The third-order valence-corrected chi connectivity index (χ3v) is 3.23. The van der Waals surface area contributed by atoms with Gasteiger partial charge in [-0.1, -0.05) is 25.8 Å². The summed E-state index contributed by atoms with van der Waals surface area (Å²) in [5, 5.41) is 5.02. The van der Waals surface area contributed by atoms with Gasteiger partial charge in [-0.05, 0) is 32.0 Å². The molecule has 0 unspecified atom stereocenters. The lowest BCUT2D eigenvalue weighted by molar-refractivity contribution is -0.135. The zero-order valence-corrected chi connectivity index (χ0v) is 13.1. The van der Waals surface area contributed by atoms with Crippen LogP contribution in [0.4, 0.5) is 0 Å². The van der Waals surface area contributed by atoms with E-state index in [2.05, 4.69) is 17.2 Å². The molecular formula is C14H22N2O4S. The summed E-state index contributed by atoms with van der Waals surface area (Å²) in [4.78, 5) is 23.2. The minimum Gasteiger partial charge on any atom is -0.473 e. The second-order valence-electron chi connectivity index (χ2n) is 4.94. The summed E-state index contributed by atoms with van der Waals surface area (Å²) < 4.78 is 10.3. The molecule has 1 rings (SSSR count). The Kier molecular flexibility index (Phi) is 7.92. The maximum atomic E-state index is 11.6. The average Bonchev–Trinajstić information content (AvgIpc) is 2.38. The lowest BCUT2D eigenvalue weighted by atomic mass is 9.98. The van der Waals surface area contributed by atoms with Gasteiger partial charge >= 0.3 is 0 Å². The van der Waals surface area contributed by atoms with E-state index in [1.54, 1.807) is 6.92 Å². The van der Waals surface area contributed by atoms with Crippen LogP contribution in [0.5, 0.6) is 0 Å². The van der Waals surface area contributed by atoms with Crippen molar-refractivity contribution in [3.63, 3.8) is 0 Å². The highest BCUT2D eigenvalue weighted by molar-refractivity contribution is 7.80. The Morgan fingerprint density at radius 3 is 2.43 bits per heavy atom. The molecule has 118 valence electrons. The molecule has 1 fully saturated rings. The quantitative estimate of drug-likeness (QED) is 0.211. The molecule has 2 N–H and O–H groups in total. The number of hydrogen-bond acceptors (Lipinski definition) is 5. The molecule has 1 aliphatic rings. The van der Waals surface area contributed by atoms with Gasteiger partial charge in [0.05, 0.1) is 12.4 Å². The minimum atomic E-state index is -0.628. The average molecular weight is 314 g/mol. The molecule has 7 heteroatoms. The highest BCUT2D eigenvalue weighted by Crippen LogP contribution is 2.13. The zero-order chi connectivity index (χ0) is 15.7. The number of ether oxygens (including phenoxy) is 2. The maximum absolute atomic E-state index is 11.6. The number of thiocarbonyl (C=S) groups is 1. The van der Waals surface area contributed by atoms with Crippen LogP contribution < -0.4 is 10.6 Å². The van der Waals surface area contributed by atoms with Gasteiger partial charge in [0, 0.05) is 0 Å². The standard InChI is InChI=1S/C14H22N2O4S/c1-10(2)20-9-19-8-6-4-3-5-7-11-12(17)15-14(21)16-13(11)18/h11H,1,3-9H2,2H3,(H2,15,16,17,18,21). The van der Waals surface area contributed by atoms with Crippen LogP contribution in [-0.4, -0.2) is 30.3 Å². The first kappa shape index (κ1) is 17.6. The minimum absolute atomic E-state index is 0.0929. The van der Waals surface area contributed by atoms with E-state index in [-0.39, 0.29) is 23.7 Å². The highest BCUT2D eigenvalue weighted by atomic mass is 32.1. The third-order valence-electron chi connectivity index (χ3n) is 3.03. The van der Waals surface area contributed by atoms with Crippen molar-refractivity contribution in [3.8, 4) is 0 Å². The van der Waals surface area contributed by atoms with E-state index in [4.69, 9.17) is 21.7 Å². The van der Waals surface area contributed by atoms with Gasteiger partial charge in [-0.3, -0.25) is 9.59 Å². The Morgan fingerprint density at radius 2 is 1.81 bits per heavy atom. The first-order valence-corrected chi connectivity index (χ1v) is 7.43. The Bertz CT molecular complexity index is 392. The molecule has 0 atom stereocenters. The van der Waals surface area contributed by atoms with Gasteiger partial charge in [0.2, 0.25) is 11.8 Å². The van der Waals surface area contributed by atoms with Gasteiger partial charge in [0.25, 0.3) is 0 Å². The number of hydrogen-bond donors (Lipinski definition) is 2. The van der Waals surface area contributed by atoms with Gasteiger partial charge in [-0.2, -0.15) is 0 Å². The molecule has 2 amide bonds. The van der Waals surface area contributed by atoms with Crippen LogP contribution in [0.2, 0.25) is 0 Å². The Hall–Kier alpha value is -1.47. The summed E-state index contributed by atoms with van der Waals surface area (Å²) in [7, 11) is 0. The zero-order valence-electron chi connectivity index (χ0n) is 12.3. The van der Waals surface area contributed by atoms with Gasteiger partial charge in [0.15, 0.2) is 11.9 Å². The van der Waals surface area contributed by atoms with E-state index in [9.17, 15) is 9.59 Å². The number of rotatable bonds is 10. The number of carbonyl (C=O) groups excluding carboxylic acids is 2. The van der Waals surface area contributed by atoms with Crippen molar-refractivity contribution in [2.24, 2.45) is 5.92 Å². The number of amides is 2. The molecule has 0 aromatic carbocycles. The molecule has 21 heavy (non-hydrogen) atoms. The molecular weight excluding hydrogens is 292 g/mol. The van der Waals surface area contributed by atoms with Gasteiger partial charge < -0.3 is 20.1 Å². The van der Waals surface area contributed by atoms with Crippen molar-refractivity contribution in [3.05, 3.63) is 12.3 Å². The van der Waals surface area contributed by atoms with E-state index in [0.717, 1.165) is 25.7 Å². The van der Waals surface area contributed by atoms with Gasteiger partial charge in [0.1, 0.15) is 5.92 Å². The lowest BCUT2D eigenvalue weighted by Crippen LogP contribution is -2.55. The van der Waals surface area contributed by atoms with E-state index < -0.39 is 5.92 Å². The van der Waals surface area contributed by atoms with Crippen LogP contribution in [0.15, 0.2) is 12.3 Å². The molecule has 0 saturated carbocycles. The molecule has 1 saturated heterocycles. The van der Waals surface area contributed by atoms with Crippen molar-refractivity contribution in [1.29, 1.82) is 0 Å². The largest absolute Gasteiger partial charge is 0.473 e. The number of carbonyl (C=O) groups is 2. The number of allylic oxidation sites excluding steroid dienone is 1. The fourth-order valence-corrected chi connectivity index (χ4v) is 2.12. The first-order chi connectivity index (χ1) is 10.0. The molecule has 0 radical (unpaired) electrons. The van der Waals surface area contributed by atoms with E-state index >= 15 is 0 Å². The maximum Gasteiger partial charge on any atom is 0.238 e. The lowest BCUT2D eigenvalue weighted by Gasteiger charge is -2.22. The van der Waals surface area contributed by atoms with Crippen LogP contribution >= 0.6 is 12.2 Å². The van der Waals surface area contributed by atoms with Crippen molar-refractivity contribution < 1.29 is 19.1 Å². The van der Waals surface area contributed by atoms with E-state index in [0.29, 0.717) is 18.8 Å². The van der Waals surface area contributed by atoms with Crippen molar-refractivity contribution in [1.82, 2.24) is 10.6 Å². The summed E-state index contributed by atoms with van der Waals surface area (Å²) in [5.74, 6) is -0.594. The normalized spacial score (nSPS) is 15.6. The van der Waals surface area contributed by atoms with Crippen LogP contribution in [-0.2, 0) is 19.1 Å². The summed E-state index contributed by atoms with van der Waals surface area (Å²) in [5.41, 5.74) is 0. The predicted octanol–water partition coefficient (Wildman–Crippen LogP) is 1.61. The summed E-state index contributed by atoms with van der Waals surface area (Å²) >= 11 is 4.74. The first-order valence-electron chi connectivity index (χ1n) is 7.02. The number of nitrogens with one attached hydrogen (secondary N) is 2. The second-order valence-corrected chi connectivity index (χ2v) is 5.34. The molecule has 6 nitrogen and oxygen atoms in total. The topological polar surface area (TPSA) is 76.7 Å². The smallest absolute Gasteiger partial charge is 0.238 e. The SMILES string of the molecule is C=C(C)OCOCCCCCCC1C(=O)NC(=S)NC1=O. The fraction of sp³-hybridized carbons (Fsp3) is 0.643. The molecule has 0 aromatic heterocycles. The highest BCUT2D eigenvalue weighted by Gasteiger charge is 2.31. The fourth-order valence-electron chi connectivity index (χ4n) is 1.92. The van der Waals surface area contributed by atoms with Crippen molar-refractivity contribution in [2.45, 2.75) is 39.0 Å². The second kappa shape index (κ2) is 9.46. The predicted molar refractivity (Wildman–Crippen MR) is 82.2 cm³/mol. The monoisotopic (exact) mass is 314 g/mol. The third kappa shape index (κ3) is 7.19. The Labute approximate surface area is 130 Å². The molecule has 0 spiro atoms. The van der Waals surface area contributed by atoms with Crippen molar-refractivity contribution >= 4 is 29.1 Å². The summed E-state index contributed by atoms with van der Waals surface area (Å²) in [6.07, 6.45) is 4.22. The van der Waals surface area contributed by atoms with Crippen LogP contribution in [0.25, 0.3) is 0 Å². The number of unbranched alkanes of at least 4 members (excludes halogenated alkanes) is 3. The molecule has 0 aliphatic carbocycles. The van der Waals surface area contributed by atoms with Crippen molar-refractivity contribution in [2.75, 3.05) is 13.4 Å². The molecule has 0 aromatic rings. The Morgan fingerprint density at radius 1 is 1.19 bits per heavy atom. The molecule has 1 aliphatic heterocycles. The van der Waals surface area contributed by atoms with E-state index in [1.165, 1.54) is 0 Å².